The van der Waals surface area contributed by atoms with Gasteiger partial charge in [-0.2, -0.15) is 5.10 Å². The van der Waals surface area contributed by atoms with Crippen LogP contribution in [0.25, 0.3) is 0 Å². The summed E-state index contributed by atoms with van der Waals surface area (Å²) in [6.45, 7) is 2.41. The molecule has 1 aromatic rings. The zero-order valence-electron chi connectivity index (χ0n) is 9.83. The summed E-state index contributed by atoms with van der Waals surface area (Å²) in [6, 6.07) is 3.68. The number of carbonyl (C=O) groups is 1. The van der Waals surface area contributed by atoms with Crippen LogP contribution in [0, 0.1) is 0 Å². The van der Waals surface area contributed by atoms with Gasteiger partial charge in [0.1, 0.15) is 0 Å². The number of carbonyl (C=O) groups excluding carboxylic acids is 1. The minimum absolute atomic E-state index is 0.107. The highest BCUT2D eigenvalue weighted by Crippen LogP contribution is 2.21. The molecule has 94 valence electrons. The molecule has 1 amide bonds. The first kappa shape index (κ1) is 14.2. The van der Waals surface area contributed by atoms with Crippen molar-refractivity contribution in [3.05, 3.63) is 21.3 Å². The number of hydrogen-bond donors (Lipinski definition) is 1. The van der Waals surface area contributed by atoms with E-state index in [1.807, 2.05) is 13.0 Å². The molecule has 0 aliphatic rings. The summed E-state index contributed by atoms with van der Waals surface area (Å²) in [5, 5.41) is 4.01. The van der Waals surface area contributed by atoms with E-state index in [4.69, 9.17) is 16.3 Å². The Morgan fingerprint density at radius 2 is 2.35 bits per heavy atom. The Kier molecular flexibility index (Phi) is 6.18. The van der Waals surface area contributed by atoms with Crippen LogP contribution in [-0.2, 0) is 9.53 Å². The first-order valence-corrected chi connectivity index (χ1v) is 6.40. The zero-order chi connectivity index (χ0) is 12.7. The van der Waals surface area contributed by atoms with Crippen LogP contribution in [-0.4, -0.2) is 25.3 Å². The van der Waals surface area contributed by atoms with Crippen LogP contribution in [0.4, 0.5) is 0 Å². The van der Waals surface area contributed by atoms with Crippen molar-refractivity contribution in [2.45, 2.75) is 19.8 Å². The number of hydrazone groups is 1. The summed E-state index contributed by atoms with van der Waals surface area (Å²) >= 11 is 7.25. The van der Waals surface area contributed by atoms with Crippen LogP contribution >= 0.6 is 22.9 Å². The third-order valence-corrected chi connectivity index (χ3v) is 3.37. The summed E-state index contributed by atoms with van der Waals surface area (Å²) in [7, 11) is 1.61. The van der Waals surface area contributed by atoms with E-state index in [1.165, 1.54) is 11.3 Å². The SMILES string of the molecule is COCCCC(=O)N/N=C(\C)c1ccc(Cl)s1. The van der Waals surface area contributed by atoms with E-state index in [0.29, 0.717) is 23.8 Å². The quantitative estimate of drug-likeness (QED) is 0.493. The van der Waals surface area contributed by atoms with Crippen LogP contribution in [0.1, 0.15) is 24.6 Å². The zero-order valence-corrected chi connectivity index (χ0v) is 11.4. The number of nitrogens with zero attached hydrogens (tertiary/aromatic N) is 1. The highest BCUT2D eigenvalue weighted by Gasteiger charge is 2.03. The molecule has 0 radical (unpaired) electrons. The Hall–Kier alpha value is -0.910. The lowest BCUT2D eigenvalue weighted by atomic mass is 10.3. The number of hydrogen-bond acceptors (Lipinski definition) is 4. The van der Waals surface area contributed by atoms with Crippen molar-refractivity contribution >= 4 is 34.6 Å². The van der Waals surface area contributed by atoms with Crippen LogP contribution < -0.4 is 5.43 Å². The monoisotopic (exact) mass is 274 g/mol. The maximum Gasteiger partial charge on any atom is 0.240 e. The van der Waals surface area contributed by atoms with Crippen molar-refractivity contribution in [1.82, 2.24) is 5.43 Å². The van der Waals surface area contributed by atoms with E-state index in [1.54, 1.807) is 13.2 Å². The lowest BCUT2D eigenvalue weighted by molar-refractivity contribution is -0.121. The summed E-state index contributed by atoms with van der Waals surface area (Å²) in [5.74, 6) is -0.107. The second-order valence-electron chi connectivity index (χ2n) is 3.43. The van der Waals surface area contributed by atoms with E-state index in [-0.39, 0.29) is 5.91 Å². The van der Waals surface area contributed by atoms with Gasteiger partial charge in [-0.1, -0.05) is 11.6 Å². The van der Waals surface area contributed by atoms with Gasteiger partial charge >= 0.3 is 0 Å². The van der Waals surface area contributed by atoms with Gasteiger partial charge in [-0.15, -0.1) is 11.3 Å². The minimum atomic E-state index is -0.107. The van der Waals surface area contributed by atoms with Gasteiger partial charge in [-0.05, 0) is 25.5 Å². The molecule has 0 fully saturated rings. The van der Waals surface area contributed by atoms with Crippen molar-refractivity contribution in [3.63, 3.8) is 0 Å². The second kappa shape index (κ2) is 7.42. The summed E-state index contributed by atoms with van der Waals surface area (Å²) in [6.07, 6.45) is 1.11. The first-order chi connectivity index (χ1) is 8.13. The van der Waals surface area contributed by atoms with Gasteiger partial charge in [0.25, 0.3) is 0 Å². The standard InChI is InChI=1S/C11H15ClN2O2S/c1-8(9-5-6-10(12)17-9)13-14-11(15)4-3-7-16-2/h5-6H,3-4,7H2,1-2H3,(H,14,15)/b13-8+. The predicted molar refractivity (Wildman–Crippen MR) is 70.8 cm³/mol. The molecule has 1 N–H and O–H groups in total. The number of ether oxygens (including phenoxy) is 1. The molecular formula is C11H15ClN2O2S. The molecule has 0 atom stereocenters. The molecular weight excluding hydrogens is 260 g/mol. The number of amides is 1. The fraction of sp³-hybridized carbons (Fsp3) is 0.455. The van der Waals surface area contributed by atoms with E-state index in [0.717, 1.165) is 10.6 Å². The van der Waals surface area contributed by atoms with Crippen molar-refractivity contribution in [1.29, 1.82) is 0 Å². The van der Waals surface area contributed by atoms with E-state index < -0.39 is 0 Å². The van der Waals surface area contributed by atoms with Crippen LogP contribution in [0.3, 0.4) is 0 Å². The summed E-state index contributed by atoms with van der Waals surface area (Å²) in [5.41, 5.74) is 3.26. The Bertz CT molecular complexity index is 404. The van der Waals surface area contributed by atoms with Gasteiger partial charge in [0, 0.05) is 20.1 Å². The van der Waals surface area contributed by atoms with Gasteiger partial charge in [-0.3, -0.25) is 4.79 Å². The predicted octanol–water partition coefficient (Wildman–Crippen LogP) is 2.67. The molecule has 17 heavy (non-hydrogen) atoms. The molecule has 4 nitrogen and oxygen atoms in total. The topological polar surface area (TPSA) is 50.7 Å². The largest absolute Gasteiger partial charge is 0.385 e. The van der Waals surface area contributed by atoms with Gasteiger partial charge in [0.15, 0.2) is 0 Å². The minimum Gasteiger partial charge on any atom is -0.385 e. The van der Waals surface area contributed by atoms with Gasteiger partial charge in [0.05, 0.1) is 14.9 Å². The summed E-state index contributed by atoms with van der Waals surface area (Å²) in [4.78, 5) is 12.3. The molecule has 6 heteroatoms. The first-order valence-electron chi connectivity index (χ1n) is 5.21. The molecule has 0 aliphatic heterocycles. The smallest absolute Gasteiger partial charge is 0.240 e. The molecule has 0 saturated heterocycles. The number of nitrogens with one attached hydrogen (secondary N) is 1. The maximum absolute atomic E-state index is 11.4. The van der Waals surface area contributed by atoms with Gasteiger partial charge in [0.2, 0.25) is 5.91 Å². The molecule has 0 bridgehead atoms. The fourth-order valence-electron chi connectivity index (χ4n) is 1.14. The van der Waals surface area contributed by atoms with Crippen molar-refractivity contribution in [2.75, 3.05) is 13.7 Å². The normalized spacial score (nSPS) is 11.6. The average Bonchev–Trinajstić information content (AvgIpc) is 2.73. The van der Waals surface area contributed by atoms with E-state index in [2.05, 4.69) is 10.5 Å². The van der Waals surface area contributed by atoms with Crippen LogP contribution in [0.5, 0.6) is 0 Å². The van der Waals surface area contributed by atoms with Crippen molar-refractivity contribution in [2.24, 2.45) is 5.10 Å². The maximum atomic E-state index is 11.4. The lowest BCUT2D eigenvalue weighted by Crippen LogP contribution is -2.19. The highest BCUT2D eigenvalue weighted by atomic mass is 35.5. The molecule has 1 heterocycles. The Balaban J connectivity index is 2.40. The van der Waals surface area contributed by atoms with Crippen molar-refractivity contribution < 1.29 is 9.53 Å². The molecule has 0 saturated carbocycles. The van der Waals surface area contributed by atoms with Crippen LogP contribution in [0.15, 0.2) is 17.2 Å². The highest BCUT2D eigenvalue weighted by molar-refractivity contribution is 7.18. The number of methoxy groups -OCH3 is 1. The molecule has 0 aromatic carbocycles. The Labute approximate surface area is 110 Å². The third kappa shape index (κ3) is 5.30. The Morgan fingerprint density at radius 3 is 2.94 bits per heavy atom. The van der Waals surface area contributed by atoms with E-state index in [9.17, 15) is 4.79 Å². The average molecular weight is 275 g/mol. The molecule has 0 spiro atoms. The number of rotatable bonds is 6. The molecule has 0 unspecified atom stereocenters. The van der Waals surface area contributed by atoms with Crippen LogP contribution in [0.2, 0.25) is 4.34 Å². The lowest BCUT2D eigenvalue weighted by Gasteiger charge is -2.01. The van der Waals surface area contributed by atoms with Gasteiger partial charge < -0.3 is 4.74 Å². The van der Waals surface area contributed by atoms with Crippen molar-refractivity contribution in [3.8, 4) is 0 Å². The van der Waals surface area contributed by atoms with E-state index >= 15 is 0 Å². The fourth-order valence-corrected chi connectivity index (χ4v) is 2.13. The molecule has 0 aliphatic carbocycles. The molecule has 1 aromatic heterocycles. The molecule has 1 rings (SSSR count). The van der Waals surface area contributed by atoms with Gasteiger partial charge in [-0.25, -0.2) is 5.43 Å². The third-order valence-electron chi connectivity index (χ3n) is 2.03. The second-order valence-corrected chi connectivity index (χ2v) is 5.15. The number of thiophene rings is 1. The number of halogens is 1. The summed E-state index contributed by atoms with van der Waals surface area (Å²) < 4.78 is 5.57. The Morgan fingerprint density at radius 1 is 1.59 bits per heavy atom.